The summed E-state index contributed by atoms with van der Waals surface area (Å²) < 4.78 is 54.2. The van der Waals surface area contributed by atoms with Crippen molar-refractivity contribution in [3.8, 4) is 0 Å². The van der Waals surface area contributed by atoms with Crippen molar-refractivity contribution in [1.29, 1.82) is 0 Å². The van der Waals surface area contributed by atoms with Gasteiger partial charge >= 0.3 is 0 Å². The van der Waals surface area contributed by atoms with Gasteiger partial charge in [-0.25, -0.2) is 17.6 Å². The van der Waals surface area contributed by atoms with Gasteiger partial charge in [-0.05, 0) is 25.0 Å². The van der Waals surface area contributed by atoms with Crippen LogP contribution in [0.3, 0.4) is 0 Å². The predicted molar refractivity (Wildman–Crippen MR) is 72.5 cm³/mol. The minimum atomic E-state index is -2.99. The van der Waals surface area contributed by atoms with E-state index in [4.69, 9.17) is 5.73 Å². The Labute approximate surface area is 125 Å². The molecule has 3 nitrogen and oxygen atoms in total. The van der Waals surface area contributed by atoms with Crippen molar-refractivity contribution in [2.45, 2.75) is 37.6 Å². The minimum absolute atomic E-state index is 0.0573. The molecule has 1 aliphatic carbocycles. The SMILES string of the molecule is N[C@@H]1CC(F)(F)C[C@@]2(CCN(c3cc(F)cc(F)c3)C2=O)C1. The molecule has 0 bridgehead atoms. The summed E-state index contributed by atoms with van der Waals surface area (Å²) in [4.78, 5) is 13.8. The summed E-state index contributed by atoms with van der Waals surface area (Å²) in [5.74, 6) is -5.13. The number of anilines is 1. The van der Waals surface area contributed by atoms with Crippen LogP contribution in [-0.2, 0) is 4.79 Å². The highest BCUT2D eigenvalue weighted by Gasteiger charge is 2.56. The molecule has 1 heterocycles. The number of carbonyl (C=O) groups is 1. The number of hydrogen-bond acceptors (Lipinski definition) is 2. The van der Waals surface area contributed by atoms with Crippen LogP contribution < -0.4 is 10.6 Å². The molecule has 1 saturated heterocycles. The molecule has 7 heteroatoms. The highest BCUT2D eigenvalue weighted by atomic mass is 19.3. The lowest BCUT2D eigenvalue weighted by Gasteiger charge is -2.39. The Bertz CT molecular complexity index is 601. The Kier molecular flexibility index (Phi) is 3.43. The molecule has 1 aromatic rings. The van der Waals surface area contributed by atoms with Crippen LogP contribution in [0.4, 0.5) is 23.2 Å². The standard InChI is InChI=1S/C15H16F4N2O/c16-9-3-10(17)5-12(4-9)21-2-1-14(13(21)22)6-11(20)7-15(18,19)8-14/h3-5,11H,1-2,6-8,20H2/t11-,14+/m0/s1. The van der Waals surface area contributed by atoms with Crippen molar-refractivity contribution < 1.29 is 22.4 Å². The van der Waals surface area contributed by atoms with Crippen molar-refractivity contribution >= 4 is 11.6 Å². The van der Waals surface area contributed by atoms with E-state index in [1.807, 2.05) is 0 Å². The van der Waals surface area contributed by atoms with E-state index < -0.39 is 47.8 Å². The maximum atomic E-state index is 13.8. The highest BCUT2D eigenvalue weighted by molar-refractivity contribution is 6.00. The quantitative estimate of drug-likeness (QED) is 0.810. The van der Waals surface area contributed by atoms with Gasteiger partial charge in [-0.2, -0.15) is 0 Å². The number of nitrogens with zero attached hydrogens (tertiary/aromatic N) is 1. The van der Waals surface area contributed by atoms with Gasteiger partial charge in [-0.3, -0.25) is 4.79 Å². The lowest BCUT2D eigenvalue weighted by Crippen LogP contribution is -2.49. The van der Waals surface area contributed by atoms with Crippen LogP contribution in [0.2, 0.25) is 0 Å². The molecule has 1 amide bonds. The number of rotatable bonds is 1. The van der Waals surface area contributed by atoms with E-state index in [9.17, 15) is 22.4 Å². The van der Waals surface area contributed by atoms with Crippen molar-refractivity contribution in [3.05, 3.63) is 29.8 Å². The van der Waals surface area contributed by atoms with Crippen LogP contribution in [-0.4, -0.2) is 24.4 Å². The average molecular weight is 316 g/mol. The summed E-state index contributed by atoms with van der Waals surface area (Å²) in [6.07, 6.45) is -0.597. The topological polar surface area (TPSA) is 46.3 Å². The minimum Gasteiger partial charge on any atom is -0.327 e. The second kappa shape index (κ2) is 4.94. The molecule has 1 spiro atoms. The first kappa shape index (κ1) is 15.3. The van der Waals surface area contributed by atoms with Gasteiger partial charge in [0.2, 0.25) is 5.91 Å². The van der Waals surface area contributed by atoms with Crippen LogP contribution >= 0.6 is 0 Å². The molecule has 120 valence electrons. The first-order chi connectivity index (χ1) is 10.2. The highest BCUT2D eigenvalue weighted by Crippen LogP contribution is 2.50. The van der Waals surface area contributed by atoms with Gasteiger partial charge in [-0.1, -0.05) is 0 Å². The number of hydrogen-bond donors (Lipinski definition) is 1. The maximum absolute atomic E-state index is 13.8. The molecule has 2 aliphatic rings. The number of nitrogens with two attached hydrogens (primary N) is 1. The molecule has 3 rings (SSSR count). The molecule has 1 saturated carbocycles. The van der Waals surface area contributed by atoms with Crippen LogP contribution in [0.25, 0.3) is 0 Å². The van der Waals surface area contributed by atoms with Gasteiger partial charge in [0.05, 0.1) is 5.41 Å². The van der Waals surface area contributed by atoms with Gasteiger partial charge in [0.25, 0.3) is 5.92 Å². The molecule has 2 atom stereocenters. The Morgan fingerprint density at radius 1 is 1.14 bits per heavy atom. The molecular weight excluding hydrogens is 300 g/mol. The number of alkyl halides is 2. The van der Waals surface area contributed by atoms with Crippen LogP contribution in [0.15, 0.2) is 18.2 Å². The number of halogens is 4. The summed E-state index contributed by atoms with van der Waals surface area (Å²) in [6, 6.07) is 2.00. The fraction of sp³-hybridized carbons (Fsp3) is 0.533. The van der Waals surface area contributed by atoms with E-state index in [2.05, 4.69) is 0 Å². The summed E-state index contributed by atoms with van der Waals surface area (Å²) in [5, 5.41) is 0. The third-order valence-corrected chi connectivity index (χ3v) is 4.48. The average Bonchev–Trinajstić information content (AvgIpc) is 2.62. The predicted octanol–water partition coefficient (Wildman–Crippen LogP) is 2.83. The van der Waals surface area contributed by atoms with E-state index in [-0.39, 0.29) is 25.1 Å². The maximum Gasteiger partial charge on any atom is 0.250 e. The molecule has 2 N–H and O–H groups in total. The van der Waals surface area contributed by atoms with E-state index in [0.717, 1.165) is 12.1 Å². The molecular formula is C15H16F4N2O. The van der Waals surface area contributed by atoms with Gasteiger partial charge in [0, 0.05) is 37.2 Å². The zero-order valence-corrected chi connectivity index (χ0v) is 11.8. The largest absolute Gasteiger partial charge is 0.327 e. The zero-order chi connectivity index (χ0) is 16.1. The second-order valence-electron chi connectivity index (χ2n) is 6.32. The fourth-order valence-electron chi connectivity index (χ4n) is 3.71. The van der Waals surface area contributed by atoms with Gasteiger partial charge in [-0.15, -0.1) is 0 Å². The monoisotopic (exact) mass is 316 g/mol. The van der Waals surface area contributed by atoms with Crippen molar-refractivity contribution in [1.82, 2.24) is 0 Å². The molecule has 0 aromatic heterocycles. The van der Waals surface area contributed by atoms with Crippen molar-refractivity contribution in [2.75, 3.05) is 11.4 Å². The zero-order valence-electron chi connectivity index (χ0n) is 11.8. The third kappa shape index (κ3) is 2.58. The smallest absolute Gasteiger partial charge is 0.250 e. The molecule has 0 radical (unpaired) electrons. The Hall–Kier alpha value is -1.63. The third-order valence-electron chi connectivity index (χ3n) is 4.48. The normalized spacial score (nSPS) is 31.0. The lowest BCUT2D eigenvalue weighted by atomic mass is 9.69. The van der Waals surface area contributed by atoms with E-state index in [1.165, 1.54) is 4.90 Å². The molecule has 22 heavy (non-hydrogen) atoms. The fourth-order valence-corrected chi connectivity index (χ4v) is 3.71. The molecule has 0 unspecified atom stereocenters. The van der Waals surface area contributed by atoms with E-state index in [0.29, 0.717) is 6.07 Å². The number of benzene rings is 1. The molecule has 1 aromatic carbocycles. The van der Waals surface area contributed by atoms with E-state index in [1.54, 1.807) is 0 Å². The van der Waals surface area contributed by atoms with Crippen molar-refractivity contribution in [2.24, 2.45) is 11.1 Å². The summed E-state index contributed by atoms with van der Waals surface area (Å²) in [7, 11) is 0. The first-order valence-electron chi connectivity index (χ1n) is 7.12. The van der Waals surface area contributed by atoms with Crippen LogP contribution in [0.1, 0.15) is 25.7 Å². The van der Waals surface area contributed by atoms with Gasteiger partial charge in [0.1, 0.15) is 11.6 Å². The van der Waals surface area contributed by atoms with Crippen LogP contribution in [0, 0.1) is 17.0 Å². The summed E-state index contributed by atoms with van der Waals surface area (Å²) in [6.45, 7) is 0.157. The number of carbonyl (C=O) groups excluding carboxylic acids is 1. The van der Waals surface area contributed by atoms with Crippen molar-refractivity contribution in [3.63, 3.8) is 0 Å². The number of amides is 1. The summed E-state index contributed by atoms with van der Waals surface area (Å²) in [5.41, 5.74) is 4.51. The second-order valence-corrected chi connectivity index (χ2v) is 6.32. The molecule has 1 aliphatic heterocycles. The first-order valence-corrected chi connectivity index (χ1v) is 7.12. The summed E-state index contributed by atoms with van der Waals surface area (Å²) >= 11 is 0. The lowest BCUT2D eigenvalue weighted by molar-refractivity contribution is -0.139. The van der Waals surface area contributed by atoms with E-state index >= 15 is 0 Å². The molecule has 2 fully saturated rings. The Morgan fingerprint density at radius 3 is 2.36 bits per heavy atom. The Balaban J connectivity index is 1.91. The Morgan fingerprint density at radius 2 is 1.77 bits per heavy atom. The van der Waals surface area contributed by atoms with Gasteiger partial charge in [0.15, 0.2) is 0 Å². The van der Waals surface area contributed by atoms with Crippen LogP contribution in [0.5, 0.6) is 0 Å². The van der Waals surface area contributed by atoms with Gasteiger partial charge < -0.3 is 10.6 Å².